The number of aryl methyl sites for hydroxylation is 2. The average Bonchev–Trinajstić information content (AvgIpc) is 2.55. The number of nitrogens with one attached hydrogen (secondary N) is 1. The zero-order valence-corrected chi connectivity index (χ0v) is 14.3. The van der Waals surface area contributed by atoms with Gasteiger partial charge in [-0.25, -0.2) is 0 Å². The summed E-state index contributed by atoms with van der Waals surface area (Å²) in [5.74, 6) is -0.189. The second-order valence-electron chi connectivity index (χ2n) is 5.98. The predicted molar refractivity (Wildman–Crippen MR) is 97.0 cm³/mol. The van der Waals surface area contributed by atoms with E-state index in [0.717, 1.165) is 11.1 Å². The molecule has 3 N–H and O–H groups in total. The highest BCUT2D eigenvalue weighted by atomic mass is 16.2. The van der Waals surface area contributed by atoms with Gasteiger partial charge in [0.25, 0.3) is 5.91 Å². The standard InChI is InChI=1S/C19H23N3O2/c1-13-8-10-15(12-16(13)19(24)22(2)3)21-18(23)11-9-14-6-4-5-7-17(14)20/h4-8,10,12H,9,11,20H2,1-3H3,(H,21,23). The summed E-state index contributed by atoms with van der Waals surface area (Å²) in [6.45, 7) is 1.88. The van der Waals surface area contributed by atoms with Crippen molar-refractivity contribution >= 4 is 23.2 Å². The van der Waals surface area contributed by atoms with Crippen LogP contribution >= 0.6 is 0 Å². The molecule has 0 atom stereocenters. The van der Waals surface area contributed by atoms with Crippen molar-refractivity contribution in [1.29, 1.82) is 0 Å². The van der Waals surface area contributed by atoms with Gasteiger partial charge in [-0.05, 0) is 42.7 Å². The molecule has 0 aromatic heterocycles. The molecule has 0 heterocycles. The molecule has 2 amide bonds. The minimum Gasteiger partial charge on any atom is -0.399 e. The van der Waals surface area contributed by atoms with E-state index in [1.54, 1.807) is 26.2 Å². The number of nitrogens with two attached hydrogens (primary N) is 1. The first kappa shape index (κ1) is 17.5. The first-order chi connectivity index (χ1) is 11.4. The Bertz CT molecular complexity index is 754. The lowest BCUT2D eigenvalue weighted by Crippen LogP contribution is -2.23. The van der Waals surface area contributed by atoms with Crippen molar-refractivity contribution in [2.45, 2.75) is 19.8 Å². The lowest BCUT2D eigenvalue weighted by molar-refractivity contribution is -0.116. The molecule has 5 nitrogen and oxygen atoms in total. The highest BCUT2D eigenvalue weighted by molar-refractivity contribution is 5.98. The zero-order valence-electron chi connectivity index (χ0n) is 14.3. The Labute approximate surface area is 142 Å². The minimum absolute atomic E-state index is 0.0827. The molecular weight excluding hydrogens is 302 g/mol. The van der Waals surface area contributed by atoms with E-state index in [9.17, 15) is 9.59 Å². The van der Waals surface area contributed by atoms with Gasteiger partial charge in [0, 0.05) is 37.5 Å². The lowest BCUT2D eigenvalue weighted by atomic mass is 10.1. The fourth-order valence-electron chi connectivity index (χ4n) is 2.40. The molecule has 0 unspecified atom stereocenters. The van der Waals surface area contributed by atoms with Crippen molar-refractivity contribution in [3.05, 3.63) is 59.2 Å². The summed E-state index contributed by atoms with van der Waals surface area (Å²) >= 11 is 0. The monoisotopic (exact) mass is 325 g/mol. The largest absolute Gasteiger partial charge is 0.399 e. The molecule has 0 radical (unpaired) electrons. The van der Waals surface area contributed by atoms with Crippen molar-refractivity contribution in [2.24, 2.45) is 0 Å². The molecule has 0 saturated heterocycles. The van der Waals surface area contributed by atoms with E-state index < -0.39 is 0 Å². The smallest absolute Gasteiger partial charge is 0.253 e. The molecule has 0 saturated carbocycles. The second-order valence-corrected chi connectivity index (χ2v) is 5.98. The first-order valence-corrected chi connectivity index (χ1v) is 7.84. The van der Waals surface area contributed by atoms with Gasteiger partial charge in [-0.3, -0.25) is 9.59 Å². The molecule has 2 rings (SSSR count). The Hall–Kier alpha value is -2.82. The van der Waals surface area contributed by atoms with Gasteiger partial charge in [0.2, 0.25) is 5.91 Å². The van der Waals surface area contributed by atoms with E-state index in [1.165, 1.54) is 4.90 Å². The maximum Gasteiger partial charge on any atom is 0.253 e. The molecule has 0 spiro atoms. The van der Waals surface area contributed by atoms with Crippen molar-refractivity contribution in [3.63, 3.8) is 0 Å². The predicted octanol–water partition coefficient (Wildman–Crippen LogP) is 2.85. The molecule has 2 aromatic carbocycles. The Morgan fingerprint density at radius 2 is 1.83 bits per heavy atom. The van der Waals surface area contributed by atoms with Crippen molar-refractivity contribution in [2.75, 3.05) is 25.1 Å². The normalized spacial score (nSPS) is 10.3. The lowest BCUT2D eigenvalue weighted by Gasteiger charge is -2.14. The van der Waals surface area contributed by atoms with Crippen LogP contribution in [0.4, 0.5) is 11.4 Å². The molecule has 126 valence electrons. The number of amides is 2. The summed E-state index contributed by atoms with van der Waals surface area (Å²) in [5.41, 5.74) is 9.62. The van der Waals surface area contributed by atoms with Crippen LogP contribution in [-0.2, 0) is 11.2 Å². The third-order valence-electron chi connectivity index (χ3n) is 3.83. The maximum absolute atomic E-state index is 12.2. The van der Waals surface area contributed by atoms with Crippen molar-refractivity contribution in [1.82, 2.24) is 4.90 Å². The van der Waals surface area contributed by atoms with E-state index in [1.807, 2.05) is 37.3 Å². The Kier molecular flexibility index (Phi) is 5.58. The average molecular weight is 325 g/mol. The van der Waals surface area contributed by atoms with E-state index in [4.69, 9.17) is 5.73 Å². The van der Waals surface area contributed by atoms with Crippen LogP contribution in [0.2, 0.25) is 0 Å². The molecule has 24 heavy (non-hydrogen) atoms. The number of nitrogens with zero attached hydrogens (tertiary/aromatic N) is 1. The molecule has 0 bridgehead atoms. The highest BCUT2D eigenvalue weighted by Gasteiger charge is 2.13. The van der Waals surface area contributed by atoms with Crippen LogP contribution in [0.25, 0.3) is 0 Å². The van der Waals surface area contributed by atoms with Gasteiger partial charge in [0.1, 0.15) is 0 Å². The number of hydrogen-bond acceptors (Lipinski definition) is 3. The van der Waals surface area contributed by atoms with Gasteiger partial charge in [-0.2, -0.15) is 0 Å². The van der Waals surface area contributed by atoms with Crippen LogP contribution < -0.4 is 11.1 Å². The summed E-state index contributed by atoms with van der Waals surface area (Å²) in [6, 6.07) is 12.9. The fourth-order valence-corrected chi connectivity index (χ4v) is 2.40. The highest BCUT2D eigenvalue weighted by Crippen LogP contribution is 2.18. The number of carbonyl (C=O) groups is 2. The molecule has 0 fully saturated rings. The molecule has 5 heteroatoms. The van der Waals surface area contributed by atoms with Crippen LogP contribution in [0.5, 0.6) is 0 Å². The van der Waals surface area contributed by atoms with E-state index >= 15 is 0 Å². The number of para-hydroxylation sites is 1. The van der Waals surface area contributed by atoms with Crippen molar-refractivity contribution in [3.8, 4) is 0 Å². The van der Waals surface area contributed by atoms with Gasteiger partial charge in [-0.1, -0.05) is 24.3 Å². The van der Waals surface area contributed by atoms with Crippen LogP contribution in [0.15, 0.2) is 42.5 Å². The summed E-state index contributed by atoms with van der Waals surface area (Å²) in [4.78, 5) is 25.8. The van der Waals surface area contributed by atoms with E-state index in [2.05, 4.69) is 5.32 Å². The Morgan fingerprint density at radius 1 is 1.12 bits per heavy atom. The van der Waals surface area contributed by atoms with Crippen molar-refractivity contribution < 1.29 is 9.59 Å². The second kappa shape index (κ2) is 7.64. The third-order valence-corrected chi connectivity index (χ3v) is 3.83. The van der Waals surface area contributed by atoms with Gasteiger partial charge >= 0.3 is 0 Å². The number of nitrogen functional groups attached to an aromatic ring is 1. The Balaban J connectivity index is 2.03. The third kappa shape index (κ3) is 4.35. The van der Waals surface area contributed by atoms with Crippen LogP contribution in [-0.4, -0.2) is 30.8 Å². The van der Waals surface area contributed by atoms with E-state index in [0.29, 0.717) is 29.8 Å². The summed E-state index contributed by atoms with van der Waals surface area (Å²) in [6.07, 6.45) is 0.910. The van der Waals surface area contributed by atoms with Gasteiger partial charge in [0.15, 0.2) is 0 Å². The number of hydrogen-bond donors (Lipinski definition) is 2. The van der Waals surface area contributed by atoms with Crippen LogP contribution in [0, 0.1) is 6.92 Å². The number of rotatable bonds is 5. The SMILES string of the molecule is Cc1ccc(NC(=O)CCc2ccccc2N)cc1C(=O)N(C)C. The quantitative estimate of drug-likeness (QED) is 0.830. The summed E-state index contributed by atoms with van der Waals surface area (Å²) < 4.78 is 0. The van der Waals surface area contributed by atoms with Gasteiger partial charge in [-0.15, -0.1) is 0 Å². The summed E-state index contributed by atoms with van der Waals surface area (Å²) in [5, 5.41) is 2.84. The Morgan fingerprint density at radius 3 is 2.50 bits per heavy atom. The fraction of sp³-hybridized carbons (Fsp3) is 0.263. The molecule has 0 aliphatic carbocycles. The van der Waals surface area contributed by atoms with E-state index in [-0.39, 0.29) is 11.8 Å². The molecule has 2 aromatic rings. The topological polar surface area (TPSA) is 75.4 Å². The van der Waals surface area contributed by atoms with Gasteiger partial charge in [0.05, 0.1) is 0 Å². The minimum atomic E-state index is -0.106. The first-order valence-electron chi connectivity index (χ1n) is 7.84. The zero-order chi connectivity index (χ0) is 17.7. The number of benzene rings is 2. The van der Waals surface area contributed by atoms with Crippen LogP contribution in [0.3, 0.4) is 0 Å². The molecule has 0 aliphatic rings. The summed E-state index contributed by atoms with van der Waals surface area (Å²) in [7, 11) is 3.41. The number of carbonyl (C=O) groups excluding carboxylic acids is 2. The molecular formula is C19H23N3O2. The maximum atomic E-state index is 12.2. The molecule has 0 aliphatic heterocycles. The number of anilines is 2. The van der Waals surface area contributed by atoms with Gasteiger partial charge < -0.3 is 16.0 Å². The van der Waals surface area contributed by atoms with Crippen LogP contribution in [0.1, 0.15) is 27.9 Å².